The predicted molar refractivity (Wildman–Crippen MR) is 124 cm³/mol. The van der Waals surface area contributed by atoms with Crippen LogP contribution in [0, 0.1) is 0 Å². The Hall–Kier alpha value is -3.74. The molecule has 0 bridgehead atoms. The molecule has 0 aliphatic carbocycles. The van der Waals surface area contributed by atoms with Gasteiger partial charge in [0.1, 0.15) is 12.4 Å². The Balaban J connectivity index is 1.23. The summed E-state index contributed by atoms with van der Waals surface area (Å²) in [6.45, 7) is 3.94. The molecule has 32 heavy (non-hydrogen) atoms. The number of nitrogens with one attached hydrogen (secondary N) is 1. The third-order valence-corrected chi connectivity index (χ3v) is 5.43. The number of carbonyl (C=O) groups is 1. The highest BCUT2D eigenvalue weighted by Gasteiger charge is 2.25. The maximum Gasteiger partial charge on any atom is 0.289 e. The zero-order chi connectivity index (χ0) is 22.2. The van der Waals surface area contributed by atoms with Crippen LogP contribution in [0.5, 0.6) is 5.75 Å². The summed E-state index contributed by atoms with van der Waals surface area (Å²) in [5, 5.41) is 3.43. The van der Waals surface area contributed by atoms with Gasteiger partial charge in [-0.25, -0.2) is 0 Å². The molecule has 0 unspecified atom stereocenters. The fourth-order valence-electron chi connectivity index (χ4n) is 3.63. The van der Waals surface area contributed by atoms with Crippen molar-refractivity contribution in [2.45, 2.75) is 13.2 Å². The third-order valence-electron chi connectivity index (χ3n) is 5.43. The van der Waals surface area contributed by atoms with Gasteiger partial charge in [0.2, 0.25) is 0 Å². The quantitative estimate of drug-likeness (QED) is 0.478. The number of amides is 1. The summed E-state index contributed by atoms with van der Waals surface area (Å²) in [4.78, 5) is 20.8. The molecule has 1 aliphatic rings. The molecule has 7 nitrogen and oxygen atoms in total. The van der Waals surface area contributed by atoms with Crippen molar-refractivity contribution in [2.24, 2.45) is 4.99 Å². The monoisotopic (exact) mass is 432 g/mol. The van der Waals surface area contributed by atoms with Crippen LogP contribution in [0.3, 0.4) is 0 Å². The van der Waals surface area contributed by atoms with E-state index >= 15 is 0 Å². The number of benzene rings is 2. The van der Waals surface area contributed by atoms with E-state index in [1.807, 2.05) is 35.2 Å². The van der Waals surface area contributed by atoms with Gasteiger partial charge in [-0.05, 0) is 35.4 Å². The summed E-state index contributed by atoms with van der Waals surface area (Å²) in [7, 11) is 1.78. The van der Waals surface area contributed by atoms with Crippen LogP contribution in [0.15, 0.2) is 82.4 Å². The summed E-state index contributed by atoms with van der Waals surface area (Å²) in [6, 6.07) is 21.6. The minimum absolute atomic E-state index is 0.0612. The molecule has 1 fully saturated rings. The van der Waals surface area contributed by atoms with Gasteiger partial charge in [-0.2, -0.15) is 0 Å². The van der Waals surface area contributed by atoms with E-state index in [9.17, 15) is 4.79 Å². The molecule has 0 spiro atoms. The lowest BCUT2D eigenvalue weighted by Crippen LogP contribution is -2.53. The van der Waals surface area contributed by atoms with Gasteiger partial charge in [-0.1, -0.05) is 42.5 Å². The Morgan fingerprint density at radius 2 is 1.62 bits per heavy atom. The molecule has 2 aromatic carbocycles. The molecular weight excluding hydrogens is 404 g/mol. The lowest BCUT2D eigenvalue weighted by atomic mass is 10.1. The fourth-order valence-corrected chi connectivity index (χ4v) is 3.63. The molecule has 4 rings (SSSR count). The van der Waals surface area contributed by atoms with Crippen molar-refractivity contribution in [2.75, 3.05) is 33.2 Å². The van der Waals surface area contributed by atoms with E-state index in [1.54, 1.807) is 19.2 Å². The smallest absolute Gasteiger partial charge is 0.289 e. The summed E-state index contributed by atoms with van der Waals surface area (Å²) in [6.07, 6.45) is 1.53. The minimum atomic E-state index is -0.0612. The second kappa shape index (κ2) is 10.5. The molecule has 0 atom stereocenters. The van der Waals surface area contributed by atoms with Crippen LogP contribution >= 0.6 is 0 Å². The summed E-state index contributed by atoms with van der Waals surface area (Å²) < 4.78 is 11.0. The Labute approximate surface area is 188 Å². The fraction of sp³-hybridized carbons (Fsp3) is 0.280. The summed E-state index contributed by atoms with van der Waals surface area (Å²) in [5.74, 6) is 2.03. The first kappa shape index (κ1) is 21.5. The lowest BCUT2D eigenvalue weighted by Gasteiger charge is -2.36. The van der Waals surface area contributed by atoms with Crippen LogP contribution in [0.25, 0.3) is 0 Å². The Bertz CT molecular complexity index is 1010. The molecule has 2 heterocycles. The first-order valence-corrected chi connectivity index (χ1v) is 10.8. The van der Waals surface area contributed by atoms with E-state index in [0.29, 0.717) is 32.0 Å². The molecule has 3 aromatic rings. The molecule has 1 aliphatic heterocycles. The van der Waals surface area contributed by atoms with E-state index in [1.165, 1.54) is 11.8 Å². The van der Waals surface area contributed by atoms with E-state index in [4.69, 9.17) is 9.15 Å². The standard InChI is InChI=1S/C25H28N4O3/c1-26-25(29-15-13-28(14-16-29)24(30)23-8-5-17-31-23)27-18-20-9-11-21(12-10-20)19-32-22-6-3-2-4-7-22/h2-12,17H,13-16,18-19H2,1H3,(H,26,27). The number of hydrogen-bond acceptors (Lipinski definition) is 4. The number of nitrogens with zero attached hydrogens (tertiary/aromatic N) is 3. The van der Waals surface area contributed by atoms with E-state index < -0.39 is 0 Å². The number of aliphatic imine (C=N–C) groups is 1. The zero-order valence-corrected chi connectivity index (χ0v) is 18.2. The van der Waals surface area contributed by atoms with Gasteiger partial charge < -0.3 is 24.3 Å². The SMILES string of the molecule is CN=C(NCc1ccc(COc2ccccc2)cc1)N1CCN(C(=O)c2ccco2)CC1. The Morgan fingerprint density at radius 3 is 2.28 bits per heavy atom. The number of hydrogen-bond donors (Lipinski definition) is 1. The Kier molecular flexibility index (Phi) is 7.07. The van der Waals surface area contributed by atoms with Crippen LogP contribution in [0.4, 0.5) is 0 Å². The van der Waals surface area contributed by atoms with Crippen molar-refractivity contribution in [3.8, 4) is 5.75 Å². The largest absolute Gasteiger partial charge is 0.489 e. The molecule has 1 amide bonds. The number of piperazine rings is 1. The van der Waals surface area contributed by atoms with Gasteiger partial charge in [0.25, 0.3) is 5.91 Å². The van der Waals surface area contributed by atoms with E-state index in [0.717, 1.165) is 30.4 Å². The van der Waals surface area contributed by atoms with Crippen molar-refractivity contribution < 1.29 is 13.9 Å². The molecule has 0 saturated carbocycles. The molecule has 7 heteroatoms. The van der Waals surface area contributed by atoms with Crippen LogP contribution in [-0.4, -0.2) is 54.9 Å². The molecular formula is C25H28N4O3. The first-order valence-electron chi connectivity index (χ1n) is 10.8. The second-order valence-electron chi connectivity index (χ2n) is 7.58. The highest BCUT2D eigenvalue weighted by atomic mass is 16.5. The highest BCUT2D eigenvalue weighted by Crippen LogP contribution is 2.13. The van der Waals surface area contributed by atoms with Crippen molar-refractivity contribution in [1.82, 2.24) is 15.1 Å². The number of para-hydroxylation sites is 1. The van der Waals surface area contributed by atoms with Crippen molar-refractivity contribution in [3.05, 3.63) is 89.9 Å². The molecule has 166 valence electrons. The normalized spacial score (nSPS) is 14.3. The minimum Gasteiger partial charge on any atom is -0.489 e. The molecule has 0 radical (unpaired) electrons. The third kappa shape index (κ3) is 5.49. The lowest BCUT2D eigenvalue weighted by molar-refractivity contribution is 0.0657. The molecule has 1 aromatic heterocycles. The van der Waals surface area contributed by atoms with Crippen LogP contribution in [-0.2, 0) is 13.2 Å². The predicted octanol–water partition coefficient (Wildman–Crippen LogP) is 3.39. The van der Waals surface area contributed by atoms with Crippen LogP contribution in [0.1, 0.15) is 21.7 Å². The van der Waals surface area contributed by atoms with Crippen molar-refractivity contribution >= 4 is 11.9 Å². The first-order chi connectivity index (χ1) is 15.7. The van der Waals surface area contributed by atoms with Gasteiger partial charge in [0.05, 0.1) is 6.26 Å². The van der Waals surface area contributed by atoms with Gasteiger partial charge in [0.15, 0.2) is 11.7 Å². The summed E-state index contributed by atoms with van der Waals surface area (Å²) in [5.41, 5.74) is 2.29. The van der Waals surface area contributed by atoms with Crippen molar-refractivity contribution in [1.29, 1.82) is 0 Å². The maximum atomic E-state index is 12.4. The average molecular weight is 433 g/mol. The average Bonchev–Trinajstić information content (AvgIpc) is 3.40. The molecule has 1 saturated heterocycles. The van der Waals surface area contributed by atoms with Gasteiger partial charge in [-0.15, -0.1) is 0 Å². The Morgan fingerprint density at radius 1 is 0.938 bits per heavy atom. The maximum absolute atomic E-state index is 12.4. The van der Waals surface area contributed by atoms with Gasteiger partial charge in [0, 0.05) is 39.8 Å². The zero-order valence-electron chi connectivity index (χ0n) is 18.2. The van der Waals surface area contributed by atoms with Crippen LogP contribution < -0.4 is 10.1 Å². The molecule has 1 N–H and O–H groups in total. The number of carbonyl (C=O) groups excluding carboxylic acids is 1. The number of rotatable bonds is 6. The topological polar surface area (TPSA) is 70.3 Å². The van der Waals surface area contributed by atoms with E-state index in [2.05, 4.69) is 39.5 Å². The number of ether oxygens (including phenoxy) is 1. The number of guanidine groups is 1. The van der Waals surface area contributed by atoms with Crippen molar-refractivity contribution in [3.63, 3.8) is 0 Å². The summed E-state index contributed by atoms with van der Waals surface area (Å²) >= 11 is 0. The van der Waals surface area contributed by atoms with E-state index in [-0.39, 0.29) is 5.91 Å². The second-order valence-corrected chi connectivity index (χ2v) is 7.58. The highest BCUT2D eigenvalue weighted by molar-refractivity contribution is 5.91. The van der Waals surface area contributed by atoms with Gasteiger partial charge >= 0.3 is 0 Å². The number of furan rings is 1. The van der Waals surface area contributed by atoms with Crippen LogP contribution in [0.2, 0.25) is 0 Å². The van der Waals surface area contributed by atoms with Gasteiger partial charge in [-0.3, -0.25) is 9.79 Å².